The fourth-order valence-electron chi connectivity index (χ4n) is 1.74. The number of H-pyrrole nitrogens is 1. The fourth-order valence-corrected chi connectivity index (χ4v) is 1.92. The Morgan fingerprint density at radius 2 is 2.30 bits per heavy atom. The number of nitrogens with one attached hydrogen (secondary N) is 3. The predicted octanol–water partition coefficient (Wildman–Crippen LogP) is 3.13. The van der Waals surface area contributed by atoms with E-state index in [2.05, 4.69) is 20.6 Å². The molecule has 6 heteroatoms. The molecule has 3 N–H and O–H groups in total. The molecule has 0 atom stereocenters. The Kier molecular flexibility index (Phi) is 5.01. The van der Waals surface area contributed by atoms with Crippen LogP contribution in [0.1, 0.15) is 17.8 Å². The lowest BCUT2D eigenvalue weighted by Gasteiger charge is -2.08. The Morgan fingerprint density at radius 3 is 3.00 bits per heavy atom. The van der Waals surface area contributed by atoms with Crippen LogP contribution >= 0.6 is 11.6 Å². The van der Waals surface area contributed by atoms with Crippen molar-refractivity contribution in [2.45, 2.75) is 19.8 Å². The highest BCUT2D eigenvalue weighted by atomic mass is 35.5. The van der Waals surface area contributed by atoms with E-state index in [1.807, 2.05) is 19.1 Å². The van der Waals surface area contributed by atoms with Gasteiger partial charge in [0.25, 0.3) is 0 Å². The first kappa shape index (κ1) is 14.4. The average Bonchev–Trinajstić information content (AvgIpc) is 2.92. The van der Waals surface area contributed by atoms with Crippen molar-refractivity contribution in [1.82, 2.24) is 15.3 Å². The molecule has 2 amide bonds. The zero-order chi connectivity index (χ0) is 14.4. The van der Waals surface area contributed by atoms with Crippen molar-refractivity contribution in [3.8, 4) is 0 Å². The molecule has 0 fully saturated rings. The smallest absolute Gasteiger partial charge is 0.319 e. The van der Waals surface area contributed by atoms with Crippen LogP contribution in [0.25, 0.3) is 0 Å². The number of carbonyl (C=O) groups excluding carboxylic acids is 1. The number of hydrogen-bond acceptors (Lipinski definition) is 2. The molecular formula is C14H17ClN4O. The van der Waals surface area contributed by atoms with Gasteiger partial charge in [0.1, 0.15) is 5.82 Å². The molecule has 0 unspecified atom stereocenters. The van der Waals surface area contributed by atoms with E-state index in [9.17, 15) is 4.79 Å². The number of amides is 2. The van der Waals surface area contributed by atoms with Crippen molar-refractivity contribution < 1.29 is 4.79 Å². The van der Waals surface area contributed by atoms with Crippen LogP contribution in [0.2, 0.25) is 5.02 Å². The summed E-state index contributed by atoms with van der Waals surface area (Å²) in [5.41, 5.74) is 1.67. The van der Waals surface area contributed by atoms with Gasteiger partial charge in [-0.3, -0.25) is 0 Å². The van der Waals surface area contributed by atoms with Crippen LogP contribution in [0.4, 0.5) is 10.5 Å². The van der Waals surface area contributed by atoms with Gasteiger partial charge >= 0.3 is 6.03 Å². The Labute approximate surface area is 122 Å². The van der Waals surface area contributed by atoms with Crippen molar-refractivity contribution in [2.75, 3.05) is 11.9 Å². The number of urea groups is 1. The number of aromatic amines is 1. The van der Waals surface area contributed by atoms with Crippen LogP contribution in [0.5, 0.6) is 0 Å². The van der Waals surface area contributed by atoms with E-state index in [0.29, 0.717) is 17.3 Å². The maximum atomic E-state index is 11.7. The van der Waals surface area contributed by atoms with Gasteiger partial charge in [-0.15, -0.1) is 0 Å². The minimum Gasteiger partial charge on any atom is -0.349 e. The van der Waals surface area contributed by atoms with Gasteiger partial charge in [0.05, 0.1) is 0 Å². The molecule has 2 aromatic rings. The molecule has 2 rings (SSSR count). The first-order chi connectivity index (χ1) is 9.65. The molecule has 20 heavy (non-hydrogen) atoms. The van der Waals surface area contributed by atoms with Crippen molar-refractivity contribution in [1.29, 1.82) is 0 Å². The standard InChI is InChI=1S/C14H17ClN4O/c1-10-4-5-11(9-12(10)15)19-14(20)18-6-2-3-13-16-7-8-17-13/h4-5,7-9H,2-3,6H2,1H3,(H,16,17)(H2,18,19,20). The number of aromatic nitrogens is 2. The van der Waals surface area contributed by atoms with Gasteiger partial charge in [0.15, 0.2) is 0 Å². The molecular weight excluding hydrogens is 276 g/mol. The summed E-state index contributed by atoms with van der Waals surface area (Å²) in [5.74, 6) is 0.928. The molecule has 0 aliphatic rings. The second kappa shape index (κ2) is 6.96. The summed E-state index contributed by atoms with van der Waals surface area (Å²) in [7, 11) is 0. The lowest BCUT2D eigenvalue weighted by Crippen LogP contribution is -2.29. The van der Waals surface area contributed by atoms with Crippen molar-refractivity contribution in [3.05, 3.63) is 47.0 Å². The highest BCUT2D eigenvalue weighted by Gasteiger charge is 2.03. The van der Waals surface area contributed by atoms with Crippen molar-refractivity contribution >= 4 is 23.3 Å². The molecule has 0 aliphatic heterocycles. The predicted molar refractivity (Wildman–Crippen MR) is 80.1 cm³/mol. The Balaban J connectivity index is 1.71. The highest BCUT2D eigenvalue weighted by molar-refractivity contribution is 6.31. The van der Waals surface area contributed by atoms with E-state index >= 15 is 0 Å². The van der Waals surface area contributed by atoms with E-state index < -0.39 is 0 Å². The largest absolute Gasteiger partial charge is 0.349 e. The first-order valence-electron chi connectivity index (χ1n) is 6.44. The lowest BCUT2D eigenvalue weighted by molar-refractivity contribution is 0.252. The number of carbonyl (C=O) groups is 1. The van der Waals surface area contributed by atoms with Crippen LogP contribution < -0.4 is 10.6 Å². The van der Waals surface area contributed by atoms with E-state index in [0.717, 1.165) is 24.2 Å². The third kappa shape index (κ3) is 4.28. The summed E-state index contributed by atoms with van der Waals surface area (Å²) in [6.07, 6.45) is 5.15. The minimum absolute atomic E-state index is 0.232. The fraction of sp³-hybridized carbons (Fsp3) is 0.286. The third-order valence-corrected chi connectivity index (χ3v) is 3.27. The number of aryl methyl sites for hydroxylation is 2. The second-order valence-corrected chi connectivity index (χ2v) is 4.89. The molecule has 0 saturated carbocycles. The van der Waals surface area contributed by atoms with Gasteiger partial charge in [-0.1, -0.05) is 17.7 Å². The minimum atomic E-state index is -0.232. The number of nitrogens with zero attached hydrogens (tertiary/aromatic N) is 1. The lowest BCUT2D eigenvalue weighted by atomic mass is 10.2. The summed E-state index contributed by atoms with van der Waals surface area (Å²) < 4.78 is 0. The molecule has 0 saturated heterocycles. The summed E-state index contributed by atoms with van der Waals surface area (Å²) in [6.45, 7) is 2.51. The zero-order valence-electron chi connectivity index (χ0n) is 11.2. The van der Waals surface area contributed by atoms with E-state index in [1.165, 1.54) is 0 Å². The summed E-state index contributed by atoms with van der Waals surface area (Å²) in [4.78, 5) is 18.8. The SMILES string of the molecule is Cc1ccc(NC(=O)NCCCc2ncc[nH]2)cc1Cl. The summed E-state index contributed by atoms with van der Waals surface area (Å²) >= 11 is 6.00. The molecule has 106 valence electrons. The third-order valence-electron chi connectivity index (χ3n) is 2.86. The molecule has 1 aromatic carbocycles. The molecule has 5 nitrogen and oxygen atoms in total. The molecule has 1 aromatic heterocycles. The monoisotopic (exact) mass is 292 g/mol. The quantitative estimate of drug-likeness (QED) is 0.741. The van der Waals surface area contributed by atoms with Crippen LogP contribution in [0.3, 0.4) is 0 Å². The number of benzene rings is 1. The molecule has 0 radical (unpaired) electrons. The van der Waals surface area contributed by atoms with Crippen molar-refractivity contribution in [3.63, 3.8) is 0 Å². The molecule has 1 heterocycles. The number of halogens is 1. The van der Waals surface area contributed by atoms with Gasteiger partial charge in [0, 0.05) is 36.1 Å². The van der Waals surface area contributed by atoms with Gasteiger partial charge in [0.2, 0.25) is 0 Å². The number of hydrogen-bond donors (Lipinski definition) is 3. The summed E-state index contributed by atoms with van der Waals surface area (Å²) in [6, 6.07) is 5.20. The van der Waals surface area contributed by atoms with E-state index in [-0.39, 0.29) is 6.03 Å². The Hall–Kier alpha value is -2.01. The average molecular weight is 293 g/mol. The first-order valence-corrected chi connectivity index (χ1v) is 6.82. The number of anilines is 1. The normalized spacial score (nSPS) is 10.3. The van der Waals surface area contributed by atoms with Gasteiger partial charge < -0.3 is 15.6 Å². The second-order valence-electron chi connectivity index (χ2n) is 4.48. The zero-order valence-corrected chi connectivity index (χ0v) is 12.0. The van der Waals surface area contributed by atoms with Crippen LogP contribution in [0.15, 0.2) is 30.6 Å². The van der Waals surface area contributed by atoms with Gasteiger partial charge in [-0.25, -0.2) is 9.78 Å². The van der Waals surface area contributed by atoms with Gasteiger partial charge in [-0.2, -0.15) is 0 Å². The number of rotatable bonds is 5. The molecule has 0 aliphatic carbocycles. The molecule has 0 bridgehead atoms. The van der Waals surface area contributed by atoms with Gasteiger partial charge in [-0.05, 0) is 31.0 Å². The van der Waals surface area contributed by atoms with Crippen LogP contribution in [-0.4, -0.2) is 22.5 Å². The number of imidazole rings is 1. The topological polar surface area (TPSA) is 69.8 Å². The van der Waals surface area contributed by atoms with Crippen LogP contribution in [0, 0.1) is 6.92 Å². The summed E-state index contributed by atoms with van der Waals surface area (Å²) in [5, 5.41) is 6.18. The maximum Gasteiger partial charge on any atom is 0.319 e. The van der Waals surface area contributed by atoms with E-state index in [1.54, 1.807) is 18.5 Å². The Bertz CT molecular complexity index is 569. The van der Waals surface area contributed by atoms with E-state index in [4.69, 9.17) is 11.6 Å². The van der Waals surface area contributed by atoms with Crippen LogP contribution in [-0.2, 0) is 6.42 Å². The van der Waals surface area contributed by atoms with Crippen molar-refractivity contribution in [2.24, 2.45) is 0 Å². The maximum absolute atomic E-state index is 11.7. The highest BCUT2D eigenvalue weighted by Crippen LogP contribution is 2.19. The Morgan fingerprint density at radius 1 is 1.45 bits per heavy atom. The molecule has 0 spiro atoms.